The molecule has 3 aromatic heterocycles. The number of ether oxygens (including phenoxy) is 1. The van der Waals surface area contributed by atoms with E-state index in [2.05, 4.69) is 37.4 Å². The summed E-state index contributed by atoms with van der Waals surface area (Å²) in [6.07, 6.45) is 4.46. The summed E-state index contributed by atoms with van der Waals surface area (Å²) in [4.78, 5) is 52.0. The Kier molecular flexibility index (Phi) is 7.81. The number of hydrogen-bond acceptors (Lipinski definition) is 8. The van der Waals surface area contributed by atoms with E-state index in [0.29, 0.717) is 45.9 Å². The number of nitrogens with two attached hydrogens (primary N) is 1. The summed E-state index contributed by atoms with van der Waals surface area (Å²) >= 11 is 0. The van der Waals surface area contributed by atoms with Crippen LogP contribution >= 0.6 is 0 Å². The van der Waals surface area contributed by atoms with Crippen molar-refractivity contribution in [3.8, 4) is 23.2 Å². The van der Waals surface area contributed by atoms with Crippen LogP contribution in [0.2, 0.25) is 0 Å². The molecule has 43 heavy (non-hydrogen) atoms. The Morgan fingerprint density at radius 2 is 1.81 bits per heavy atom. The minimum atomic E-state index is -0.729. The molecule has 0 bridgehead atoms. The van der Waals surface area contributed by atoms with Crippen LogP contribution in [0.1, 0.15) is 48.0 Å². The number of nitrogen functional groups attached to an aromatic ring is 1. The molecule has 0 atom stereocenters. The highest BCUT2D eigenvalue weighted by molar-refractivity contribution is 6.05. The second-order valence-electron chi connectivity index (χ2n) is 10.8. The zero-order valence-electron chi connectivity index (χ0n) is 24.1. The van der Waals surface area contributed by atoms with E-state index in [1.54, 1.807) is 75.6 Å². The number of anilines is 3. The minimum Gasteiger partial charge on any atom is -0.443 e. The number of benzene rings is 1. The Hall–Kier alpha value is -5.70. The number of nitrogens with one attached hydrogen (secondary N) is 2. The Bertz CT molecular complexity index is 1780. The summed E-state index contributed by atoms with van der Waals surface area (Å²) < 4.78 is 7.28. The van der Waals surface area contributed by atoms with E-state index in [1.807, 2.05) is 11.6 Å². The number of carbonyl (C=O) groups is 3. The van der Waals surface area contributed by atoms with Crippen molar-refractivity contribution in [2.75, 3.05) is 22.9 Å². The summed E-state index contributed by atoms with van der Waals surface area (Å²) in [6.45, 7) is 5.45. The molecule has 0 fully saturated rings. The molecule has 0 saturated heterocycles. The number of aromatic nitrogens is 4. The average molecular weight is 579 g/mol. The molecule has 4 heterocycles. The van der Waals surface area contributed by atoms with Crippen LogP contribution in [0, 0.1) is 11.8 Å². The molecule has 0 radical (unpaired) electrons. The number of urea groups is 1. The van der Waals surface area contributed by atoms with Crippen LogP contribution < -0.4 is 16.4 Å². The number of nitrogens with zero attached hydrogens (tertiary/aromatic N) is 5. The Morgan fingerprint density at radius 1 is 1.05 bits per heavy atom. The molecule has 0 spiro atoms. The van der Waals surface area contributed by atoms with Crippen LogP contribution in [-0.4, -0.2) is 54.6 Å². The molecule has 1 aromatic carbocycles. The van der Waals surface area contributed by atoms with Gasteiger partial charge in [0.15, 0.2) is 0 Å². The summed E-state index contributed by atoms with van der Waals surface area (Å²) in [6, 6.07) is 11.8. The van der Waals surface area contributed by atoms with Crippen molar-refractivity contribution in [2.24, 2.45) is 7.05 Å². The second kappa shape index (κ2) is 11.7. The van der Waals surface area contributed by atoms with Gasteiger partial charge in [-0.2, -0.15) is 0 Å². The van der Waals surface area contributed by atoms with Gasteiger partial charge in [-0.05, 0) is 57.2 Å². The van der Waals surface area contributed by atoms with Crippen molar-refractivity contribution in [1.82, 2.24) is 24.4 Å². The molecule has 0 saturated carbocycles. The highest BCUT2D eigenvalue weighted by atomic mass is 16.6. The van der Waals surface area contributed by atoms with Crippen LogP contribution in [0.4, 0.5) is 26.9 Å². The van der Waals surface area contributed by atoms with E-state index in [9.17, 15) is 14.4 Å². The number of fused-ring (bicyclic) bond motifs is 1. The zero-order valence-corrected chi connectivity index (χ0v) is 24.1. The van der Waals surface area contributed by atoms with Gasteiger partial charge < -0.3 is 25.7 Å². The first-order valence-corrected chi connectivity index (χ1v) is 13.4. The number of amides is 4. The lowest BCUT2D eigenvalue weighted by Gasteiger charge is -2.28. The number of rotatable bonds is 3. The van der Waals surface area contributed by atoms with Crippen LogP contribution in [0.5, 0.6) is 0 Å². The fraction of sp³-hybridized carbons (Fsp3) is 0.226. The van der Waals surface area contributed by atoms with Crippen LogP contribution in [0.15, 0.2) is 61.1 Å². The van der Waals surface area contributed by atoms with Gasteiger partial charge in [0.05, 0.1) is 28.7 Å². The molecule has 0 unspecified atom stereocenters. The van der Waals surface area contributed by atoms with Gasteiger partial charge in [0.1, 0.15) is 11.3 Å². The Labute approximate surface area is 248 Å². The molecule has 218 valence electrons. The molecule has 5 rings (SSSR count). The van der Waals surface area contributed by atoms with E-state index in [1.165, 1.54) is 6.20 Å². The molecule has 12 heteroatoms. The topological polar surface area (TPSA) is 157 Å². The van der Waals surface area contributed by atoms with Crippen LogP contribution in [-0.2, 0) is 18.2 Å². The molecule has 4 aromatic rings. The van der Waals surface area contributed by atoms with Gasteiger partial charge in [-0.25, -0.2) is 24.5 Å². The first-order valence-electron chi connectivity index (χ1n) is 13.4. The molecule has 4 amide bonds. The van der Waals surface area contributed by atoms with Crippen molar-refractivity contribution in [3.05, 3.63) is 83.4 Å². The molecular weight excluding hydrogens is 548 g/mol. The monoisotopic (exact) mass is 578 g/mol. The van der Waals surface area contributed by atoms with Gasteiger partial charge in [0, 0.05) is 49.4 Å². The fourth-order valence-electron chi connectivity index (χ4n) is 4.54. The van der Waals surface area contributed by atoms with Crippen molar-refractivity contribution in [2.45, 2.75) is 32.8 Å². The number of carbonyl (C=O) groups excluding carboxylic acids is 3. The average Bonchev–Trinajstić information content (AvgIpc) is 3.29. The molecule has 12 nitrogen and oxygen atoms in total. The lowest BCUT2D eigenvalue weighted by Crippen LogP contribution is -2.44. The second-order valence-corrected chi connectivity index (χ2v) is 10.8. The maximum atomic E-state index is 13.3. The number of imide groups is 1. The first-order chi connectivity index (χ1) is 20.5. The Morgan fingerprint density at radius 3 is 2.56 bits per heavy atom. The van der Waals surface area contributed by atoms with Gasteiger partial charge in [0.2, 0.25) is 5.95 Å². The van der Waals surface area contributed by atoms with Crippen molar-refractivity contribution >= 4 is 35.4 Å². The first kappa shape index (κ1) is 28.8. The van der Waals surface area contributed by atoms with Crippen LogP contribution in [0.25, 0.3) is 11.4 Å². The predicted octanol–water partition coefficient (Wildman–Crippen LogP) is 4.44. The van der Waals surface area contributed by atoms with Gasteiger partial charge in [0.25, 0.3) is 5.91 Å². The molecule has 1 aliphatic rings. The number of pyridine rings is 1. The van der Waals surface area contributed by atoms with Gasteiger partial charge in [-0.15, -0.1) is 0 Å². The van der Waals surface area contributed by atoms with E-state index >= 15 is 0 Å². The summed E-state index contributed by atoms with van der Waals surface area (Å²) in [5.74, 6) is 5.79. The van der Waals surface area contributed by atoms with Crippen molar-refractivity contribution in [3.63, 3.8) is 0 Å². The Balaban J connectivity index is 1.40. The van der Waals surface area contributed by atoms with Gasteiger partial charge in [-0.3, -0.25) is 9.78 Å². The largest absolute Gasteiger partial charge is 0.443 e. The lowest BCUT2D eigenvalue weighted by molar-refractivity contribution is 0.0232. The summed E-state index contributed by atoms with van der Waals surface area (Å²) in [5.41, 5.74) is 9.64. The highest BCUT2D eigenvalue weighted by Gasteiger charge is 2.35. The summed E-state index contributed by atoms with van der Waals surface area (Å²) in [5, 5.41) is 5.49. The minimum absolute atomic E-state index is 0.0484. The van der Waals surface area contributed by atoms with E-state index in [4.69, 9.17) is 10.5 Å². The fourth-order valence-corrected chi connectivity index (χ4v) is 4.54. The van der Waals surface area contributed by atoms with E-state index in [-0.39, 0.29) is 12.5 Å². The van der Waals surface area contributed by atoms with Gasteiger partial charge in [-0.1, -0.05) is 17.9 Å². The highest BCUT2D eigenvalue weighted by Crippen LogP contribution is 2.30. The SMILES string of the molecule is Cn1c(-c2nc(N)ncc2C#Cc2cccc(NC(=O)Nc3cccnc3)c2)cc2c1CCN(C(=O)OC(C)(C)C)C2=O. The smallest absolute Gasteiger partial charge is 0.417 e. The maximum Gasteiger partial charge on any atom is 0.417 e. The van der Waals surface area contributed by atoms with Crippen molar-refractivity contribution in [1.29, 1.82) is 0 Å². The maximum absolute atomic E-state index is 13.3. The zero-order chi connectivity index (χ0) is 30.7. The third-order valence-electron chi connectivity index (χ3n) is 6.45. The third-order valence-corrected chi connectivity index (χ3v) is 6.45. The van der Waals surface area contributed by atoms with Gasteiger partial charge >= 0.3 is 12.1 Å². The lowest BCUT2D eigenvalue weighted by atomic mass is 10.1. The normalized spacial score (nSPS) is 12.6. The molecular formula is C31H30N8O4. The quantitative estimate of drug-likeness (QED) is 0.301. The summed E-state index contributed by atoms with van der Waals surface area (Å²) in [7, 11) is 1.83. The predicted molar refractivity (Wildman–Crippen MR) is 161 cm³/mol. The number of hydrogen-bond donors (Lipinski definition) is 3. The third kappa shape index (κ3) is 6.62. The van der Waals surface area contributed by atoms with E-state index in [0.717, 1.165) is 10.6 Å². The van der Waals surface area contributed by atoms with Crippen molar-refractivity contribution < 1.29 is 19.1 Å². The molecule has 0 aliphatic carbocycles. The molecule has 4 N–H and O–H groups in total. The standard InChI is InChI=1S/C31H30N8O4/c1-31(2,3)43-30(42)39-14-12-24-23(27(39)40)16-25(38(24)4)26-20(17-34-28(32)37-26)11-10-19-7-5-8-21(15-19)35-29(41)36-22-9-6-13-33-18-22/h5-9,13,15-18H,12,14H2,1-4H3,(H2,32,34,37)(H2,35,36,41). The van der Waals surface area contributed by atoms with E-state index < -0.39 is 23.6 Å². The van der Waals surface area contributed by atoms with Crippen LogP contribution in [0.3, 0.4) is 0 Å². The molecule has 1 aliphatic heterocycles.